The van der Waals surface area contributed by atoms with Crippen LogP contribution >= 0.6 is 0 Å². The number of hydrogen-bond acceptors (Lipinski definition) is 5. The van der Waals surface area contributed by atoms with E-state index < -0.39 is 5.97 Å². The summed E-state index contributed by atoms with van der Waals surface area (Å²) in [6.07, 6.45) is 4.21. The molecule has 6 nitrogen and oxygen atoms in total. The molecule has 2 aromatic heterocycles. The maximum Gasteiger partial charge on any atom is 1.00 e. The molecule has 1 aromatic carbocycles. The van der Waals surface area contributed by atoms with Gasteiger partial charge in [0.2, 0.25) is 0 Å². The number of carboxylic acids is 1. The van der Waals surface area contributed by atoms with Gasteiger partial charge in [-0.15, -0.1) is 0 Å². The number of imidazole rings is 1. The van der Waals surface area contributed by atoms with Crippen LogP contribution in [0.2, 0.25) is 0 Å². The Bertz CT molecular complexity index is 891. The molecule has 0 fully saturated rings. The van der Waals surface area contributed by atoms with Gasteiger partial charge in [0.05, 0.1) is 24.0 Å². The van der Waals surface area contributed by atoms with E-state index in [4.69, 9.17) is 0 Å². The van der Waals surface area contributed by atoms with Gasteiger partial charge in [0.25, 0.3) is 0 Å². The van der Waals surface area contributed by atoms with Crippen LogP contribution in [0.4, 0.5) is 11.5 Å². The molecular formula is C17H17N4NaO2. The average molecular weight is 332 g/mol. The van der Waals surface area contributed by atoms with Crippen molar-refractivity contribution < 1.29 is 39.5 Å². The summed E-state index contributed by atoms with van der Waals surface area (Å²) in [4.78, 5) is 21.7. The van der Waals surface area contributed by atoms with Crippen LogP contribution in [0, 0.1) is 0 Å². The first-order chi connectivity index (χ1) is 11.0. The third-order valence-electron chi connectivity index (χ3n) is 4.00. The number of aromatic nitrogens is 3. The van der Waals surface area contributed by atoms with Crippen LogP contribution in [-0.4, -0.2) is 27.6 Å². The van der Waals surface area contributed by atoms with Gasteiger partial charge < -0.3 is 19.4 Å². The quantitative estimate of drug-likeness (QED) is 0.553. The third kappa shape index (κ3) is 3.31. The van der Waals surface area contributed by atoms with Gasteiger partial charge in [-0.1, -0.05) is 13.0 Å². The minimum Gasteiger partial charge on any atom is -0.545 e. The maximum absolute atomic E-state index is 11.0. The van der Waals surface area contributed by atoms with Gasteiger partial charge in [0.15, 0.2) is 0 Å². The summed E-state index contributed by atoms with van der Waals surface area (Å²) in [7, 11) is 3.85. The molecule has 118 valence electrons. The molecule has 3 rings (SSSR count). The van der Waals surface area contributed by atoms with E-state index in [1.54, 1.807) is 30.7 Å². The number of aryl methyl sites for hydroxylation is 2. The molecule has 0 aliphatic carbocycles. The zero-order valence-electron chi connectivity index (χ0n) is 14.3. The molecule has 0 radical (unpaired) electrons. The number of carbonyl (C=O) groups excluding carboxylic acids is 1. The van der Waals surface area contributed by atoms with Gasteiger partial charge in [0.1, 0.15) is 11.3 Å². The summed E-state index contributed by atoms with van der Waals surface area (Å²) in [6, 6.07) is 6.97. The molecule has 0 atom stereocenters. The first kappa shape index (κ1) is 18.4. The SMILES string of the molecule is CCc1cc(C(=O)[O-])ccc1N(C)c1cc2c(cn1)ncn2C.[Na+]. The summed E-state index contributed by atoms with van der Waals surface area (Å²) < 4.78 is 1.94. The fourth-order valence-corrected chi connectivity index (χ4v) is 2.65. The predicted molar refractivity (Wildman–Crippen MR) is 86.7 cm³/mol. The zero-order chi connectivity index (χ0) is 16.6. The minimum atomic E-state index is -1.16. The van der Waals surface area contributed by atoms with Crippen LogP contribution in [0.5, 0.6) is 0 Å². The van der Waals surface area contributed by atoms with Gasteiger partial charge in [-0.05, 0) is 29.7 Å². The Hall–Kier alpha value is -1.89. The molecule has 0 aliphatic rings. The van der Waals surface area contributed by atoms with E-state index in [0.717, 1.165) is 34.5 Å². The number of carbonyl (C=O) groups is 1. The van der Waals surface area contributed by atoms with Gasteiger partial charge in [0, 0.05) is 25.8 Å². The second-order valence-electron chi connectivity index (χ2n) is 5.43. The van der Waals surface area contributed by atoms with E-state index >= 15 is 0 Å². The van der Waals surface area contributed by atoms with Crippen LogP contribution in [0.15, 0.2) is 36.8 Å². The molecule has 3 aromatic rings. The number of nitrogens with zero attached hydrogens (tertiary/aromatic N) is 4. The van der Waals surface area contributed by atoms with Gasteiger partial charge in [-0.25, -0.2) is 9.97 Å². The molecule has 2 heterocycles. The van der Waals surface area contributed by atoms with Crippen LogP contribution in [0.1, 0.15) is 22.8 Å². The van der Waals surface area contributed by atoms with Crippen molar-refractivity contribution in [3.63, 3.8) is 0 Å². The summed E-state index contributed by atoms with van der Waals surface area (Å²) in [6.45, 7) is 1.99. The largest absolute Gasteiger partial charge is 1.00 e. The maximum atomic E-state index is 11.0. The molecule has 0 spiro atoms. The molecule has 0 unspecified atom stereocenters. The Kier molecular flexibility index (Phi) is 5.64. The number of rotatable bonds is 4. The molecule has 7 heteroatoms. The van der Waals surface area contributed by atoms with Gasteiger partial charge >= 0.3 is 29.6 Å². The van der Waals surface area contributed by atoms with E-state index in [0.29, 0.717) is 0 Å². The number of anilines is 2. The van der Waals surface area contributed by atoms with Gasteiger partial charge in [-0.3, -0.25) is 0 Å². The third-order valence-corrected chi connectivity index (χ3v) is 4.00. The number of aromatic carboxylic acids is 1. The Morgan fingerprint density at radius 3 is 2.71 bits per heavy atom. The van der Waals surface area contributed by atoms with E-state index in [2.05, 4.69) is 9.97 Å². The van der Waals surface area contributed by atoms with E-state index in [9.17, 15) is 9.90 Å². The Balaban J connectivity index is 0.00000208. The summed E-state index contributed by atoms with van der Waals surface area (Å²) >= 11 is 0. The van der Waals surface area contributed by atoms with Crippen LogP contribution in [0.25, 0.3) is 11.0 Å². The normalized spacial score (nSPS) is 10.5. The predicted octanol–water partition coefficient (Wildman–Crippen LogP) is -1.33. The second-order valence-corrected chi connectivity index (χ2v) is 5.43. The van der Waals surface area contributed by atoms with Crippen molar-refractivity contribution in [3.8, 4) is 0 Å². The minimum absolute atomic E-state index is 0. The van der Waals surface area contributed by atoms with Crippen LogP contribution in [0.3, 0.4) is 0 Å². The summed E-state index contributed by atoms with van der Waals surface area (Å²) in [5, 5.41) is 11.0. The number of fused-ring (bicyclic) bond motifs is 1. The number of carboxylic acid groups (broad SMARTS) is 1. The molecule has 0 saturated heterocycles. The Labute approximate surface area is 162 Å². The molecule has 0 amide bonds. The van der Waals surface area contributed by atoms with Crippen LogP contribution in [-0.2, 0) is 13.5 Å². The fourth-order valence-electron chi connectivity index (χ4n) is 2.65. The summed E-state index contributed by atoms with van der Waals surface area (Å²) in [5.41, 5.74) is 3.88. The van der Waals surface area contributed by atoms with E-state index in [-0.39, 0.29) is 35.1 Å². The first-order valence-electron chi connectivity index (χ1n) is 7.36. The van der Waals surface area contributed by atoms with Crippen LogP contribution < -0.4 is 39.6 Å². The van der Waals surface area contributed by atoms with Crippen molar-refractivity contribution in [3.05, 3.63) is 47.9 Å². The fraction of sp³-hybridized carbons (Fsp3) is 0.235. The molecule has 0 bridgehead atoms. The smallest absolute Gasteiger partial charge is 0.545 e. The Morgan fingerprint density at radius 2 is 2.04 bits per heavy atom. The second kappa shape index (κ2) is 7.34. The standard InChI is InChI=1S/C17H18N4O2.Na/c1-4-11-7-12(17(22)23)5-6-14(11)21(3)16-8-15-13(9-18-16)19-10-20(15)2;/h5-10H,4H2,1-3H3,(H,22,23);/q;+1/p-1. The van der Waals surface area contributed by atoms with Crippen molar-refractivity contribution in [2.24, 2.45) is 7.05 Å². The molecule has 0 aliphatic heterocycles. The van der Waals surface area contributed by atoms with Crippen molar-refractivity contribution in [2.45, 2.75) is 13.3 Å². The first-order valence-corrected chi connectivity index (χ1v) is 7.36. The topological polar surface area (TPSA) is 74.1 Å². The van der Waals surface area contributed by atoms with Crippen molar-refractivity contribution >= 4 is 28.5 Å². The monoisotopic (exact) mass is 332 g/mol. The van der Waals surface area contributed by atoms with Crippen molar-refractivity contribution in [1.82, 2.24) is 14.5 Å². The Morgan fingerprint density at radius 1 is 1.29 bits per heavy atom. The summed E-state index contributed by atoms with van der Waals surface area (Å²) in [5.74, 6) is -0.389. The van der Waals surface area contributed by atoms with Crippen molar-refractivity contribution in [1.29, 1.82) is 0 Å². The van der Waals surface area contributed by atoms with Gasteiger partial charge in [-0.2, -0.15) is 0 Å². The molecular weight excluding hydrogens is 315 g/mol. The number of hydrogen-bond donors (Lipinski definition) is 0. The van der Waals surface area contributed by atoms with E-state index in [1.165, 1.54) is 0 Å². The number of benzene rings is 1. The molecule has 0 N–H and O–H groups in total. The molecule has 0 saturated carbocycles. The number of pyridine rings is 1. The zero-order valence-corrected chi connectivity index (χ0v) is 16.3. The average Bonchev–Trinajstić information content (AvgIpc) is 2.94. The van der Waals surface area contributed by atoms with Crippen molar-refractivity contribution in [2.75, 3.05) is 11.9 Å². The van der Waals surface area contributed by atoms with E-state index in [1.807, 2.05) is 36.6 Å². The molecule has 24 heavy (non-hydrogen) atoms.